The minimum absolute atomic E-state index is 0.403. The minimum Gasteiger partial charge on any atom is -0.376 e. The van der Waals surface area contributed by atoms with Crippen molar-refractivity contribution in [1.82, 2.24) is 0 Å². The summed E-state index contributed by atoms with van der Waals surface area (Å²) in [6.45, 7) is 2.07. The Bertz CT molecular complexity index is 57.2. The van der Waals surface area contributed by atoms with E-state index in [0.717, 1.165) is 5.92 Å². The van der Waals surface area contributed by atoms with E-state index in [9.17, 15) is 0 Å². The molecule has 1 nitrogen and oxygen atoms in total. The van der Waals surface area contributed by atoms with Crippen LogP contribution >= 0.6 is 0 Å². The molecule has 0 spiro atoms. The summed E-state index contributed by atoms with van der Waals surface area (Å²) in [5.74, 6) is 0.831. The van der Waals surface area contributed by atoms with Gasteiger partial charge >= 0.3 is 0 Å². The van der Waals surface area contributed by atoms with Crippen LogP contribution in [0.5, 0.6) is 0 Å². The third kappa shape index (κ3) is 1.16. The Hall–Kier alpha value is -0.0400. The molecule has 0 aromatic rings. The molecular formula is C6H11O. The maximum atomic E-state index is 4.82. The number of hydrogen-bond acceptors (Lipinski definition) is 1. The number of rotatable bonds is 2. The van der Waals surface area contributed by atoms with Gasteiger partial charge in [0.15, 0.2) is 0 Å². The van der Waals surface area contributed by atoms with Gasteiger partial charge in [-0.25, -0.2) is 0 Å². The van der Waals surface area contributed by atoms with Crippen molar-refractivity contribution in [2.45, 2.75) is 25.9 Å². The minimum atomic E-state index is 0.403. The maximum Gasteiger partial charge on any atom is 0.0704 e. The molecule has 0 amide bonds. The molecule has 1 saturated carbocycles. The molecule has 0 saturated heterocycles. The van der Waals surface area contributed by atoms with E-state index in [1.807, 2.05) is 0 Å². The first-order valence-corrected chi connectivity index (χ1v) is 2.75. The third-order valence-corrected chi connectivity index (χ3v) is 1.55. The van der Waals surface area contributed by atoms with Crippen molar-refractivity contribution in [2.24, 2.45) is 5.92 Å². The smallest absolute Gasteiger partial charge is 0.0704 e. The van der Waals surface area contributed by atoms with Gasteiger partial charge < -0.3 is 4.74 Å². The third-order valence-electron chi connectivity index (χ3n) is 1.55. The zero-order valence-corrected chi connectivity index (χ0v) is 4.68. The second-order valence-electron chi connectivity index (χ2n) is 2.21. The monoisotopic (exact) mass is 99.1 g/mol. The second kappa shape index (κ2) is 1.83. The SMILES string of the molecule is [CH2]OC(C)C1CC1. The van der Waals surface area contributed by atoms with Crippen LogP contribution in [0.4, 0.5) is 0 Å². The van der Waals surface area contributed by atoms with Gasteiger partial charge in [-0.15, -0.1) is 0 Å². The quantitative estimate of drug-likeness (QED) is 0.511. The van der Waals surface area contributed by atoms with Crippen LogP contribution in [0.25, 0.3) is 0 Å². The Kier molecular flexibility index (Phi) is 1.33. The standard InChI is InChI=1S/C6H11O/c1-5(7-2)6-3-4-6/h5-6H,2-4H2,1H3. The van der Waals surface area contributed by atoms with Crippen LogP contribution in [-0.2, 0) is 4.74 Å². The molecule has 0 bridgehead atoms. The van der Waals surface area contributed by atoms with Crippen molar-refractivity contribution in [3.05, 3.63) is 7.11 Å². The van der Waals surface area contributed by atoms with E-state index >= 15 is 0 Å². The number of ether oxygens (including phenoxy) is 1. The van der Waals surface area contributed by atoms with E-state index in [1.165, 1.54) is 12.8 Å². The molecule has 0 N–H and O–H groups in total. The summed E-state index contributed by atoms with van der Waals surface area (Å²) < 4.78 is 4.82. The van der Waals surface area contributed by atoms with Gasteiger partial charge in [0.2, 0.25) is 0 Å². The molecule has 1 unspecified atom stereocenters. The Balaban J connectivity index is 2.10. The lowest BCUT2D eigenvalue weighted by molar-refractivity contribution is 0.135. The molecule has 1 fully saturated rings. The predicted octanol–water partition coefficient (Wildman–Crippen LogP) is 1.59. The van der Waals surface area contributed by atoms with Crippen LogP contribution in [0.1, 0.15) is 19.8 Å². The lowest BCUT2D eigenvalue weighted by Gasteiger charge is -2.03. The van der Waals surface area contributed by atoms with E-state index in [1.54, 1.807) is 0 Å². The van der Waals surface area contributed by atoms with Crippen molar-refractivity contribution >= 4 is 0 Å². The Morgan fingerprint density at radius 1 is 1.71 bits per heavy atom. The van der Waals surface area contributed by atoms with Crippen LogP contribution in [0, 0.1) is 13.0 Å². The molecule has 1 aliphatic rings. The molecule has 41 valence electrons. The zero-order valence-electron chi connectivity index (χ0n) is 4.68. The Labute approximate surface area is 44.7 Å². The van der Waals surface area contributed by atoms with E-state index in [2.05, 4.69) is 14.0 Å². The van der Waals surface area contributed by atoms with Gasteiger partial charge in [0.1, 0.15) is 0 Å². The molecule has 1 radical (unpaired) electrons. The molecule has 0 aliphatic heterocycles. The highest BCUT2D eigenvalue weighted by atomic mass is 16.5. The lowest BCUT2D eigenvalue weighted by atomic mass is 10.3. The molecule has 0 heterocycles. The van der Waals surface area contributed by atoms with E-state index < -0.39 is 0 Å². The maximum absolute atomic E-state index is 4.82. The van der Waals surface area contributed by atoms with Crippen molar-refractivity contribution in [2.75, 3.05) is 0 Å². The first-order valence-electron chi connectivity index (χ1n) is 2.75. The van der Waals surface area contributed by atoms with Crippen molar-refractivity contribution < 1.29 is 4.74 Å². The highest BCUT2D eigenvalue weighted by Gasteiger charge is 2.27. The average molecular weight is 99.2 g/mol. The fourth-order valence-corrected chi connectivity index (χ4v) is 0.702. The van der Waals surface area contributed by atoms with E-state index in [-0.39, 0.29) is 0 Å². The summed E-state index contributed by atoms with van der Waals surface area (Å²) in [6, 6.07) is 0. The van der Waals surface area contributed by atoms with Gasteiger partial charge in [0.05, 0.1) is 13.2 Å². The largest absolute Gasteiger partial charge is 0.376 e. The summed E-state index contributed by atoms with van der Waals surface area (Å²) in [5.41, 5.74) is 0. The molecule has 7 heavy (non-hydrogen) atoms. The normalized spacial score (nSPS) is 24.9. The van der Waals surface area contributed by atoms with Gasteiger partial charge in [-0.3, -0.25) is 0 Å². The van der Waals surface area contributed by atoms with E-state index in [0.29, 0.717) is 6.10 Å². The predicted molar refractivity (Wildman–Crippen MR) is 28.6 cm³/mol. The molecule has 1 heteroatoms. The van der Waals surface area contributed by atoms with Crippen molar-refractivity contribution in [1.29, 1.82) is 0 Å². The van der Waals surface area contributed by atoms with E-state index in [4.69, 9.17) is 4.74 Å². The summed E-state index contributed by atoms with van der Waals surface area (Å²) in [7, 11) is 3.35. The molecule has 1 aliphatic carbocycles. The van der Waals surface area contributed by atoms with Crippen LogP contribution in [0.2, 0.25) is 0 Å². The molecule has 0 aromatic carbocycles. The zero-order chi connectivity index (χ0) is 5.28. The fraction of sp³-hybridized carbons (Fsp3) is 0.833. The van der Waals surface area contributed by atoms with Gasteiger partial charge in [-0.1, -0.05) is 0 Å². The van der Waals surface area contributed by atoms with Crippen LogP contribution in [0.15, 0.2) is 0 Å². The Morgan fingerprint density at radius 2 is 2.29 bits per heavy atom. The topological polar surface area (TPSA) is 9.23 Å². The van der Waals surface area contributed by atoms with Gasteiger partial charge in [-0.05, 0) is 25.7 Å². The summed E-state index contributed by atoms with van der Waals surface area (Å²) in [5, 5.41) is 0. The van der Waals surface area contributed by atoms with Crippen LogP contribution in [0.3, 0.4) is 0 Å². The summed E-state index contributed by atoms with van der Waals surface area (Å²) in [6.07, 6.45) is 3.09. The highest BCUT2D eigenvalue weighted by molar-refractivity contribution is 4.78. The lowest BCUT2D eigenvalue weighted by Crippen LogP contribution is -2.04. The van der Waals surface area contributed by atoms with Crippen LogP contribution in [-0.4, -0.2) is 6.10 Å². The summed E-state index contributed by atoms with van der Waals surface area (Å²) in [4.78, 5) is 0. The van der Waals surface area contributed by atoms with Gasteiger partial charge in [0, 0.05) is 0 Å². The molecular weight excluding hydrogens is 88.1 g/mol. The molecule has 1 rings (SSSR count). The second-order valence-corrected chi connectivity index (χ2v) is 2.21. The van der Waals surface area contributed by atoms with Gasteiger partial charge in [0.25, 0.3) is 0 Å². The first kappa shape index (κ1) is 5.10. The highest BCUT2D eigenvalue weighted by Crippen LogP contribution is 2.33. The van der Waals surface area contributed by atoms with Gasteiger partial charge in [-0.2, -0.15) is 0 Å². The fourth-order valence-electron chi connectivity index (χ4n) is 0.702. The summed E-state index contributed by atoms with van der Waals surface area (Å²) >= 11 is 0. The first-order chi connectivity index (χ1) is 3.34. The molecule has 0 aromatic heterocycles. The van der Waals surface area contributed by atoms with Crippen molar-refractivity contribution in [3.8, 4) is 0 Å². The number of hydrogen-bond donors (Lipinski definition) is 0. The molecule has 1 atom stereocenters. The van der Waals surface area contributed by atoms with Crippen molar-refractivity contribution in [3.63, 3.8) is 0 Å². The van der Waals surface area contributed by atoms with Crippen LogP contribution < -0.4 is 0 Å². The Morgan fingerprint density at radius 3 is 2.43 bits per heavy atom. The average Bonchev–Trinajstić information content (AvgIpc) is 2.44.